The van der Waals surface area contributed by atoms with Gasteiger partial charge in [-0.05, 0) is 79.4 Å². The number of carbonyl (C=O) groups excluding carboxylic acids is 4. The van der Waals surface area contributed by atoms with E-state index in [-0.39, 0.29) is 35.8 Å². The number of imidazole rings is 1. The minimum Gasteiger partial charge on any atom is -0.383 e. The lowest BCUT2D eigenvalue weighted by Crippen LogP contribution is -2.56. The summed E-state index contributed by atoms with van der Waals surface area (Å²) >= 11 is 0. The van der Waals surface area contributed by atoms with Crippen molar-refractivity contribution < 1.29 is 28.3 Å². The van der Waals surface area contributed by atoms with E-state index < -0.39 is 29.7 Å². The third-order valence-electron chi connectivity index (χ3n) is 11.4. The maximum absolute atomic E-state index is 14.1. The number of nitrogens with one attached hydrogen (secondary N) is 3. The fourth-order valence-corrected chi connectivity index (χ4v) is 8.35. The number of aromatic nitrogens is 3. The molecule has 16 nitrogen and oxygen atoms in total. The molecular weight excluding hydrogens is 746 g/mol. The van der Waals surface area contributed by atoms with Crippen LogP contribution in [0.1, 0.15) is 63.7 Å². The third kappa shape index (κ3) is 7.39. The van der Waals surface area contributed by atoms with Gasteiger partial charge in [0.2, 0.25) is 11.8 Å². The number of ether oxygens (including phenoxy) is 1. The maximum Gasteiger partial charge on any atom is 0.262 e. The molecule has 4 aromatic rings. The first-order chi connectivity index (χ1) is 28.3. The fraction of sp³-hybridized carbons (Fsp3) is 0.366. The van der Waals surface area contributed by atoms with Gasteiger partial charge in [-0.2, -0.15) is 5.01 Å². The summed E-state index contributed by atoms with van der Waals surface area (Å²) in [6, 6.07) is 14.8. The highest BCUT2D eigenvalue weighted by Crippen LogP contribution is 2.36. The number of hydrogen-bond donors (Lipinski definition) is 3. The van der Waals surface area contributed by atoms with Gasteiger partial charge in [0.05, 0.1) is 42.3 Å². The first kappa shape index (κ1) is 37.4. The van der Waals surface area contributed by atoms with Crippen LogP contribution < -0.4 is 21.0 Å². The Morgan fingerprint density at radius 2 is 1.76 bits per heavy atom. The molecule has 5 aliphatic heterocycles. The molecule has 3 N–H and O–H groups in total. The van der Waals surface area contributed by atoms with Gasteiger partial charge in [-0.25, -0.2) is 19.0 Å². The monoisotopic (exact) mass is 789 g/mol. The summed E-state index contributed by atoms with van der Waals surface area (Å²) in [6.07, 6.45) is 10.0. The van der Waals surface area contributed by atoms with Gasteiger partial charge in [0, 0.05) is 64.1 Å². The van der Waals surface area contributed by atoms with Crippen LogP contribution in [0.5, 0.6) is 0 Å². The Bertz CT molecular complexity index is 2320. The molecule has 17 heteroatoms. The molecule has 9 rings (SSSR count). The van der Waals surface area contributed by atoms with Gasteiger partial charge in [-0.1, -0.05) is 12.1 Å². The van der Waals surface area contributed by atoms with Crippen molar-refractivity contribution in [3.05, 3.63) is 107 Å². The van der Waals surface area contributed by atoms with Gasteiger partial charge >= 0.3 is 0 Å². The molecule has 3 fully saturated rings. The number of nitrogens with zero attached hydrogens (tertiary/aromatic N) is 8. The van der Waals surface area contributed by atoms with E-state index in [0.717, 1.165) is 85.4 Å². The van der Waals surface area contributed by atoms with E-state index in [4.69, 9.17) is 9.84 Å². The number of piperidine rings is 1. The molecule has 1 unspecified atom stereocenters. The quantitative estimate of drug-likeness (QED) is 0.142. The number of piperazine rings is 1. The number of benzene rings is 2. The second kappa shape index (κ2) is 16.0. The Morgan fingerprint density at radius 1 is 0.897 bits per heavy atom. The highest BCUT2D eigenvalue weighted by Gasteiger charge is 2.44. The van der Waals surface area contributed by atoms with Crippen LogP contribution in [0, 0.1) is 5.82 Å². The molecule has 2 aromatic carbocycles. The number of allylic oxidation sites excluding steroid dienone is 2. The predicted molar refractivity (Wildman–Crippen MR) is 211 cm³/mol. The molecule has 0 saturated carbocycles. The molecule has 7 heterocycles. The van der Waals surface area contributed by atoms with E-state index in [1.54, 1.807) is 30.3 Å². The van der Waals surface area contributed by atoms with Crippen molar-refractivity contribution in [3.63, 3.8) is 0 Å². The van der Waals surface area contributed by atoms with Gasteiger partial charge in [0.25, 0.3) is 11.8 Å². The van der Waals surface area contributed by atoms with Gasteiger partial charge in [-0.15, -0.1) is 5.10 Å². The van der Waals surface area contributed by atoms with Crippen LogP contribution in [0.2, 0.25) is 0 Å². The SMILES string of the molecule is O=C1CCC(N2C(=O)c3ccc(NCCOCCN4CCN(N5C=CC=C(c6cnc7ccc(N8CCC[C@@H]8c8cccc(F)c8)nn67)N5)CC4)cc3C2=O)C(=O)N1. The first-order valence-electron chi connectivity index (χ1n) is 19.8. The highest BCUT2D eigenvalue weighted by atomic mass is 19.1. The summed E-state index contributed by atoms with van der Waals surface area (Å²) in [4.78, 5) is 60.2. The van der Waals surface area contributed by atoms with Gasteiger partial charge in [0.1, 0.15) is 23.4 Å². The first-order valence-corrected chi connectivity index (χ1v) is 19.8. The molecule has 0 bridgehead atoms. The number of anilines is 2. The van der Waals surface area contributed by atoms with Crippen LogP contribution in [0.15, 0.2) is 79.1 Å². The minimum atomic E-state index is -0.992. The molecule has 4 amide bonds. The van der Waals surface area contributed by atoms with Crippen LogP contribution in [0.3, 0.4) is 0 Å². The zero-order chi connectivity index (χ0) is 39.8. The Balaban J connectivity index is 0.722. The smallest absolute Gasteiger partial charge is 0.262 e. The van der Waals surface area contributed by atoms with Crippen molar-refractivity contribution in [3.8, 4) is 0 Å². The van der Waals surface area contributed by atoms with Gasteiger partial charge in [-0.3, -0.25) is 39.7 Å². The number of rotatable bonds is 12. The summed E-state index contributed by atoms with van der Waals surface area (Å²) in [6.45, 7) is 6.54. The Kier molecular flexibility index (Phi) is 10.3. The van der Waals surface area contributed by atoms with Crippen LogP contribution in [-0.4, -0.2) is 123 Å². The van der Waals surface area contributed by atoms with Crippen LogP contribution in [0.4, 0.5) is 15.9 Å². The standard InChI is InChI=1S/C41H44FN11O5/c42-28-5-1-4-27(24-28)33-7-3-15-50(33)37-12-11-36-44-26-35(53(36)47-37)32-6-2-16-51(46-32)49-19-17-48(18-20-49)21-23-58-22-14-43-29-8-9-30-31(25-29)41(57)52(40(30)56)34-10-13-38(54)45-39(34)55/h1-2,4-6,8-9,11-12,16,24-26,33-34,43,46H,3,7,10,13-15,17-23H2,(H,45,54,55)/t33-,34?/m1/s1. The second-order valence-corrected chi connectivity index (χ2v) is 14.9. The second-order valence-electron chi connectivity index (χ2n) is 14.9. The Morgan fingerprint density at radius 3 is 2.60 bits per heavy atom. The molecule has 0 spiro atoms. The normalized spacial score (nSPS) is 21.5. The zero-order valence-electron chi connectivity index (χ0n) is 31.8. The molecule has 300 valence electrons. The van der Waals surface area contributed by atoms with E-state index in [2.05, 4.69) is 35.9 Å². The summed E-state index contributed by atoms with van der Waals surface area (Å²) in [5, 5.41) is 14.8. The summed E-state index contributed by atoms with van der Waals surface area (Å²) in [7, 11) is 0. The van der Waals surface area contributed by atoms with Crippen molar-refractivity contribution in [2.45, 2.75) is 37.8 Å². The number of halogens is 1. The topological polar surface area (TPSA) is 160 Å². The van der Waals surface area contributed by atoms with Gasteiger partial charge in [0.15, 0.2) is 5.65 Å². The average Bonchev–Trinajstić information content (AvgIpc) is 3.96. The van der Waals surface area contributed by atoms with Crippen molar-refractivity contribution in [2.24, 2.45) is 0 Å². The fourth-order valence-electron chi connectivity index (χ4n) is 8.35. The Labute approximate surface area is 333 Å². The lowest BCUT2D eigenvalue weighted by molar-refractivity contribution is -0.136. The maximum atomic E-state index is 14.1. The highest BCUT2D eigenvalue weighted by molar-refractivity contribution is 6.23. The third-order valence-corrected chi connectivity index (χ3v) is 11.4. The number of hydrogen-bond acceptors (Lipinski definition) is 13. The largest absolute Gasteiger partial charge is 0.383 e. The molecule has 2 atom stereocenters. The van der Waals surface area contributed by atoms with E-state index in [1.165, 1.54) is 6.07 Å². The number of hydrazine groups is 2. The van der Waals surface area contributed by atoms with Crippen LogP contribution >= 0.6 is 0 Å². The molecule has 3 saturated heterocycles. The van der Waals surface area contributed by atoms with E-state index in [0.29, 0.717) is 25.4 Å². The summed E-state index contributed by atoms with van der Waals surface area (Å²) in [5.41, 5.74) is 8.11. The summed E-state index contributed by atoms with van der Waals surface area (Å²) in [5.74, 6) is -1.49. The molecule has 0 radical (unpaired) electrons. The lowest BCUT2D eigenvalue weighted by Gasteiger charge is -2.41. The van der Waals surface area contributed by atoms with Crippen LogP contribution in [-0.2, 0) is 14.3 Å². The van der Waals surface area contributed by atoms with E-state index in [9.17, 15) is 23.6 Å². The molecule has 0 aliphatic carbocycles. The molecule has 2 aromatic heterocycles. The predicted octanol–water partition coefficient (Wildman–Crippen LogP) is 2.95. The molecular formula is C41H44FN11O5. The van der Waals surface area contributed by atoms with E-state index in [1.807, 2.05) is 52.4 Å². The molecule has 5 aliphatic rings. The van der Waals surface area contributed by atoms with Crippen molar-refractivity contribution >= 4 is 46.5 Å². The zero-order valence-corrected chi connectivity index (χ0v) is 31.8. The van der Waals surface area contributed by atoms with Crippen molar-refractivity contribution in [1.29, 1.82) is 0 Å². The van der Waals surface area contributed by atoms with Crippen molar-refractivity contribution in [1.82, 2.24) is 45.3 Å². The molecule has 58 heavy (non-hydrogen) atoms. The van der Waals surface area contributed by atoms with Gasteiger partial charge < -0.3 is 15.0 Å². The minimum absolute atomic E-state index is 0.0643. The summed E-state index contributed by atoms with van der Waals surface area (Å²) < 4.78 is 21.9. The Hall–Kier alpha value is -6.17. The lowest BCUT2D eigenvalue weighted by atomic mass is 10.0. The van der Waals surface area contributed by atoms with Crippen molar-refractivity contribution in [2.75, 3.05) is 69.2 Å². The number of fused-ring (bicyclic) bond motifs is 2. The number of imide groups is 2. The van der Waals surface area contributed by atoms with Crippen LogP contribution in [0.25, 0.3) is 11.3 Å². The average molecular weight is 790 g/mol. The number of carbonyl (C=O) groups is 4. The van der Waals surface area contributed by atoms with E-state index >= 15 is 0 Å². The number of amides is 4.